The summed E-state index contributed by atoms with van der Waals surface area (Å²) in [7, 11) is -3.92. The molecule has 1 atom stereocenters. The molecule has 0 spiro atoms. The Morgan fingerprint density at radius 2 is 1.59 bits per heavy atom. The molecule has 0 fully saturated rings. The number of aromatic nitrogens is 1. The highest BCUT2D eigenvalue weighted by atomic mass is 35.5. The zero-order valence-corrected chi connectivity index (χ0v) is 24.1. The van der Waals surface area contributed by atoms with Crippen LogP contribution in [0.1, 0.15) is 39.0 Å². The Morgan fingerprint density at radius 1 is 0.927 bits per heavy atom. The van der Waals surface area contributed by atoms with Gasteiger partial charge >= 0.3 is 5.97 Å². The predicted molar refractivity (Wildman–Crippen MR) is 154 cm³/mol. The van der Waals surface area contributed by atoms with Crippen molar-refractivity contribution < 1.29 is 32.2 Å². The topological polar surface area (TPSA) is 113 Å². The number of ether oxygens (including phenoxy) is 3. The number of aryl methyl sites for hydroxylation is 1. The van der Waals surface area contributed by atoms with Gasteiger partial charge in [0.05, 0.1) is 10.5 Å². The number of hydrogen-bond acceptors (Lipinski definition) is 7. The van der Waals surface area contributed by atoms with Crippen LogP contribution in [0.3, 0.4) is 0 Å². The zero-order chi connectivity index (χ0) is 29.3. The number of sulfonamides is 1. The Kier molecular flexibility index (Phi) is 7.79. The highest BCUT2D eigenvalue weighted by Crippen LogP contribution is 2.33. The van der Waals surface area contributed by atoms with Gasteiger partial charge in [0, 0.05) is 39.4 Å². The lowest BCUT2D eigenvalue weighted by molar-refractivity contribution is 0.0318. The number of hydrogen-bond donors (Lipinski definition) is 1. The molecule has 1 aliphatic rings. The maximum Gasteiger partial charge on any atom is 0.338 e. The second-order valence-corrected chi connectivity index (χ2v) is 11.6. The number of nitrogens with zero attached hydrogens (tertiary/aromatic N) is 1. The molecule has 0 bridgehead atoms. The highest BCUT2D eigenvalue weighted by molar-refractivity contribution is 7.92. The first-order valence-corrected chi connectivity index (χ1v) is 14.6. The Bertz CT molecular complexity index is 1730. The molecule has 2 heterocycles. The number of rotatable bonds is 8. The van der Waals surface area contributed by atoms with Crippen LogP contribution in [-0.4, -0.2) is 44.1 Å². The van der Waals surface area contributed by atoms with E-state index in [1.165, 1.54) is 43.3 Å². The molecular weight excluding hydrogens is 568 g/mol. The Morgan fingerprint density at radius 3 is 2.27 bits per heavy atom. The molecule has 0 amide bonds. The van der Waals surface area contributed by atoms with Crippen LogP contribution in [0.2, 0.25) is 5.02 Å². The third kappa shape index (κ3) is 5.94. The van der Waals surface area contributed by atoms with Gasteiger partial charge in [0.25, 0.3) is 10.0 Å². The molecule has 9 nitrogen and oxygen atoms in total. The van der Waals surface area contributed by atoms with Crippen molar-refractivity contribution in [2.75, 3.05) is 17.9 Å². The van der Waals surface area contributed by atoms with Gasteiger partial charge in [-0.25, -0.2) is 13.2 Å². The van der Waals surface area contributed by atoms with Crippen molar-refractivity contribution in [1.29, 1.82) is 0 Å². The Hall–Kier alpha value is -4.28. The number of Topliss-reactive ketones (excluding diaryl/α,β-unsaturated/α-hetero) is 1. The second kappa shape index (κ2) is 11.3. The third-order valence-corrected chi connectivity index (χ3v) is 8.26. The van der Waals surface area contributed by atoms with E-state index in [0.717, 1.165) is 11.4 Å². The lowest BCUT2D eigenvalue weighted by Crippen LogP contribution is -2.25. The van der Waals surface area contributed by atoms with E-state index >= 15 is 0 Å². The summed E-state index contributed by atoms with van der Waals surface area (Å²) in [5, 5.41) is 0.610. The van der Waals surface area contributed by atoms with Crippen molar-refractivity contribution in [3.05, 3.63) is 100 Å². The summed E-state index contributed by atoms with van der Waals surface area (Å²) in [5.74, 6) is -0.211. The van der Waals surface area contributed by atoms with Crippen LogP contribution in [-0.2, 0) is 14.8 Å². The van der Waals surface area contributed by atoms with Gasteiger partial charge in [0.15, 0.2) is 17.6 Å². The van der Waals surface area contributed by atoms with E-state index in [9.17, 15) is 18.0 Å². The summed E-state index contributed by atoms with van der Waals surface area (Å²) in [6.45, 7) is 5.97. The predicted octanol–water partition coefficient (Wildman–Crippen LogP) is 5.75. The fourth-order valence-electron chi connectivity index (χ4n) is 4.58. The molecule has 1 aliphatic heterocycles. The number of esters is 1. The summed E-state index contributed by atoms with van der Waals surface area (Å²) in [5.41, 5.74) is 3.28. The smallest absolute Gasteiger partial charge is 0.338 e. The summed E-state index contributed by atoms with van der Waals surface area (Å²) in [6, 6.07) is 19.1. The normalized spacial score (nSPS) is 13.4. The standard InChI is InChI=1S/C30H27ClN2O7S/c1-18-16-26(19(2)33(18)24-10-6-22(31)7-11-24)29(34)20(3)40-30(35)21-4-8-23(9-5-21)32-41(36,37)25-12-13-27-28(17-25)39-15-14-38-27/h4-13,16-17,20,32H,14-15H2,1-3H3/t20-/m0/s1. The van der Waals surface area contributed by atoms with Crippen molar-refractivity contribution in [2.24, 2.45) is 0 Å². The van der Waals surface area contributed by atoms with Gasteiger partial charge in [-0.1, -0.05) is 11.6 Å². The van der Waals surface area contributed by atoms with E-state index in [4.69, 9.17) is 25.8 Å². The number of halogens is 1. The monoisotopic (exact) mass is 594 g/mol. The van der Waals surface area contributed by atoms with Crippen molar-refractivity contribution >= 4 is 39.1 Å². The Balaban J connectivity index is 1.25. The molecule has 1 N–H and O–H groups in total. The minimum Gasteiger partial charge on any atom is -0.486 e. The molecule has 5 rings (SSSR count). The molecule has 41 heavy (non-hydrogen) atoms. The van der Waals surface area contributed by atoms with Gasteiger partial charge in [0.2, 0.25) is 5.78 Å². The molecular formula is C30H27ClN2O7S. The number of nitrogens with one attached hydrogen (secondary N) is 1. The molecule has 0 saturated carbocycles. The van der Waals surface area contributed by atoms with Gasteiger partial charge in [0.1, 0.15) is 13.2 Å². The number of fused-ring (bicyclic) bond motifs is 1. The van der Waals surface area contributed by atoms with E-state index in [1.807, 2.05) is 30.5 Å². The maximum atomic E-state index is 13.2. The van der Waals surface area contributed by atoms with Gasteiger partial charge in [-0.2, -0.15) is 0 Å². The molecule has 3 aromatic carbocycles. The zero-order valence-electron chi connectivity index (χ0n) is 22.5. The van der Waals surface area contributed by atoms with Gasteiger partial charge in [-0.05, 0) is 87.5 Å². The largest absolute Gasteiger partial charge is 0.486 e. The lowest BCUT2D eigenvalue weighted by Gasteiger charge is -2.19. The average molecular weight is 595 g/mol. The fourth-order valence-corrected chi connectivity index (χ4v) is 5.78. The molecule has 212 valence electrons. The van der Waals surface area contributed by atoms with Crippen LogP contribution in [0.25, 0.3) is 5.69 Å². The van der Waals surface area contributed by atoms with Crippen LogP contribution in [0, 0.1) is 13.8 Å². The minimum absolute atomic E-state index is 0.00741. The molecule has 0 radical (unpaired) electrons. The molecule has 0 unspecified atom stereocenters. The third-order valence-electron chi connectivity index (χ3n) is 6.63. The molecule has 0 aliphatic carbocycles. The second-order valence-electron chi connectivity index (χ2n) is 9.50. The first-order valence-electron chi connectivity index (χ1n) is 12.8. The molecule has 11 heteroatoms. The summed E-state index contributed by atoms with van der Waals surface area (Å²) >= 11 is 6.01. The van der Waals surface area contributed by atoms with E-state index in [-0.39, 0.29) is 21.9 Å². The molecule has 4 aromatic rings. The summed E-state index contributed by atoms with van der Waals surface area (Å²) in [4.78, 5) is 26.0. The van der Waals surface area contributed by atoms with Crippen molar-refractivity contribution in [1.82, 2.24) is 4.57 Å². The lowest BCUT2D eigenvalue weighted by atomic mass is 10.1. The number of anilines is 1. The van der Waals surface area contributed by atoms with E-state index in [2.05, 4.69) is 4.72 Å². The van der Waals surface area contributed by atoms with Crippen LogP contribution in [0.5, 0.6) is 11.5 Å². The average Bonchev–Trinajstić information content (AvgIpc) is 3.26. The molecule has 0 saturated heterocycles. The highest BCUT2D eigenvalue weighted by Gasteiger charge is 2.25. The van der Waals surface area contributed by atoms with Gasteiger partial charge < -0.3 is 18.8 Å². The van der Waals surface area contributed by atoms with Crippen molar-refractivity contribution in [2.45, 2.75) is 31.8 Å². The fraction of sp³-hybridized carbons (Fsp3) is 0.200. The van der Waals surface area contributed by atoms with E-state index in [0.29, 0.717) is 41.0 Å². The SMILES string of the molecule is Cc1cc(C(=O)[C@H](C)OC(=O)c2ccc(NS(=O)(=O)c3ccc4c(c3)OCCO4)cc2)c(C)n1-c1ccc(Cl)cc1. The number of carbonyl (C=O) groups excluding carboxylic acids is 2. The van der Waals surface area contributed by atoms with Gasteiger partial charge in [-0.15, -0.1) is 0 Å². The summed E-state index contributed by atoms with van der Waals surface area (Å²) in [6.07, 6.45) is -1.05. The first kappa shape index (κ1) is 28.3. The summed E-state index contributed by atoms with van der Waals surface area (Å²) < 4.78 is 46.5. The van der Waals surface area contributed by atoms with Crippen LogP contribution < -0.4 is 14.2 Å². The maximum absolute atomic E-state index is 13.2. The van der Waals surface area contributed by atoms with Crippen molar-refractivity contribution in [3.8, 4) is 17.2 Å². The van der Waals surface area contributed by atoms with E-state index < -0.39 is 22.1 Å². The van der Waals surface area contributed by atoms with Crippen LogP contribution in [0.15, 0.2) is 77.7 Å². The van der Waals surface area contributed by atoms with Crippen LogP contribution in [0.4, 0.5) is 5.69 Å². The number of carbonyl (C=O) groups is 2. The number of benzene rings is 3. The van der Waals surface area contributed by atoms with Crippen molar-refractivity contribution in [3.63, 3.8) is 0 Å². The first-order chi connectivity index (χ1) is 19.5. The van der Waals surface area contributed by atoms with E-state index in [1.54, 1.807) is 24.3 Å². The minimum atomic E-state index is -3.92. The van der Waals surface area contributed by atoms with Crippen LogP contribution >= 0.6 is 11.6 Å². The van der Waals surface area contributed by atoms with Gasteiger partial charge in [-0.3, -0.25) is 9.52 Å². The quantitative estimate of drug-likeness (QED) is 0.204. The Labute approximate surface area is 242 Å². The molecule has 1 aromatic heterocycles. The number of ketones is 1.